The Morgan fingerprint density at radius 2 is 1.86 bits per heavy atom. The van der Waals surface area contributed by atoms with E-state index in [0.29, 0.717) is 11.3 Å². The molecule has 148 valence electrons. The Morgan fingerprint density at radius 1 is 1.17 bits per heavy atom. The van der Waals surface area contributed by atoms with Gasteiger partial charge in [0.2, 0.25) is 0 Å². The van der Waals surface area contributed by atoms with Gasteiger partial charge >= 0.3 is 5.97 Å². The van der Waals surface area contributed by atoms with Crippen molar-refractivity contribution in [2.24, 2.45) is 0 Å². The number of rotatable bonds is 2. The molecule has 29 heavy (non-hydrogen) atoms. The molecule has 1 aromatic heterocycles. The second-order valence-corrected chi connectivity index (χ2v) is 8.65. The zero-order valence-corrected chi connectivity index (χ0v) is 17.4. The molecule has 0 fully saturated rings. The fourth-order valence-electron chi connectivity index (χ4n) is 3.90. The third-order valence-electron chi connectivity index (χ3n) is 5.14. The molecule has 2 heterocycles. The lowest BCUT2D eigenvalue weighted by Gasteiger charge is -2.29. The monoisotopic (exact) mass is 456 g/mol. The molecule has 1 aliphatic heterocycles. The predicted octanol–water partition coefficient (Wildman–Crippen LogP) is 4.93. The van der Waals surface area contributed by atoms with E-state index in [9.17, 15) is 19.1 Å². The van der Waals surface area contributed by atoms with E-state index in [4.69, 9.17) is 0 Å². The third kappa shape index (κ3) is 3.35. The lowest BCUT2D eigenvalue weighted by Crippen LogP contribution is -2.36. The van der Waals surface area contributed by atoms with Crippen LogP contribution in [0.15, 0.2) is 53.1 Å². The first-order chi connectivity index (χ1) is 13.7. The lowest BCUT2D eigenvalue weighted by atomic mass is 9.81. The summed E-state index contributed by atoms with van der Waals surface area (Å²) >= 11 is 3.44. The number of halogens is 2. The molecule has 0 bridgehead atoms. The molecule has 3 aromatic rings. The highest BCUT2D eigenvalue weighted by Crippen LogP contribution is 2.40. The number of nitrogens with one attached hydrogen (secondary N) is 1. The summed E-state index contributed by atoms with van der Waals surface area (Å²) in [5.41, 5.74) is 1.93. The Balaban J connectivity index is 1.89. The van der Waals surface area contributed by atoms with Crippen LogP contribution in [0.5, 0.6) is 0 Å². The molecule has 0 radical (unpaired) electrons. The average Bonchev–Trinajstić information content (AvgIpc) is 2.98. The van der Waals surface area contributed by atoms with Gasteiger partial charge in [0.25, 0.3) is 5.91 Å². The number of fused-ring (bicyclic) bond motifs is 3. The number of aromatic amines is 1. The summed E-state index contributed by atoms with van der Waals surface area (Å²) in [7, 11) is 0. The van der Waals surface area contributed by atoms with Gasteiger partial charge in [-0.25, -0.2) is 9.18 Å². The second-order valence-electron chi connectivity index (χ2n) is 7.74. The Bertz CT molecular complexity index is 1180. The maximum atomic E-state index is 13.2. The number of carbonyl (C=O) groups excluding carboxylic acids is 1. The molecule has 2 N–H and O–H groups in total. The fraction of sp³-hybridized carbons (Fsp3) is 0.182. The predicted molar refractivity (Wildman–Crippen MR) is 112 cm³/mol. The summed E-state index contributed by atoms with van der Waals surface area (Å²) in [4.78, 5) is 29.8. The van der Waals surface area contributed by atoms with Gasteiger partial charge in [-0.1, -0.05) is 35.8 Å². The van der Waals surface area contributed by atoms with Crippen molar-refractivity contribution in [3.8, 4) is 0 Å². The molecule has 0 atom stereocenters. The molecule has 5 nitrogen and oxygen atoms in total. The van der Waals surface area contributed by atoms with Crippen molar-refractivity contribution in [1.82, 2.24) is 9.88 Å². The summed E-state index contributed by atoms with van der Waals surface area (Å²) in [6.07, 6.45) is 1.37. The highest BCUT2D eigenvalue weighted by Gasteiger charge is 2.37. The van der Waals surface area contributed by atoms with E-state index < -0.39 is 17.2 Å². The zero-order valence-electron chi connectivity index (χ0n) is 15.8. The van der Waals surface area contributed by atoms with Crippen LogP contribution in [0.1, 0.15) is 35.5 Å². The average molecular weight is 457 g/mol. The summed E-state index contributed by atoms with van der Waals surface area (Å²) in [5.74, 6) is -1.95. The molecule has 0 spiro atoms. The van der Waals surface area contributed by atoms with E-state index in [-0.39, 0.29) is 18.0 Å². The van der Waals surface area contributed by atoms with Gasteiger partial charge in [-0.15, -0.1) is 0 Å². The Morgan fingerprint density at radius 3 is 2.52 bits per heavy atom. The molecule has 4 rings (SSSR count). The van der Waals surface area contributed by atoms with Gasteiger partial charge in [0.05, 0.1) is 11.3 Å². The Labute approximate surface area is 175 Å². The number of carboxylic acids is 1. The summed E-state index contributed by atoms with van der Waals surface area (Å²) in [5, 5.41) is 10.8. The van der Waals surface area contributed by atoms with E-state index in [1.807, 2.05) is 32.0 Å². The fourth-order valence-corrected chi connectivity index (χ4v) is 4.26. The molecule has 0 saturated carbocycles. The van der Waals surface area contributed by atoms with Gasteiger partial charge in [0.1, 0.15) is 5.82 Å². The number of hydrogen-bond acceptors (Lipinski definition) is 2. The topological polar surface area (TPSA) is 73.4 Å². The smallest absolute Gasteiger partial charge is 0.339 e. The van der Waals surface area contributed by atoms with Crippen LogP contribution >= 0.6 is 15.9 Å². The molecule has 1 amide bonds. The van der Waals surface area contributed by atoms with Crippen molar-refractivity contribution in [2.45, 2.75) is 19.3 Å². The molecule has 0 aliphatic carbocycles. The maximum absolute atomic E-state index is 13.2. The van der Waals surface area contributed by atoms with Gasteiger partial charge in [-0.05, 0) is 42.0 Å². The van der Waals surface area contributed by atoms with Crippen LogP contribution in [-0.4, -0.2) is 33.4 Å². The van der Waals surface area contributed by atoms with Crippen LogP contribution in [0.4, 0.5) is 4.39 Å². The largest absolute Gasteiger partial charge is 0.478 e. The number of H-pyrrole nitrogens is 1. The minimum Gasteiger partial charge on any atom is -0.478 e. The first-order valence-electron chi connectivity index (χ1n) is 9.01. The SMILES string of the molecule is CC1(C)CN(C(=O)c2ccc(F)cc2)C=C(C(=O)O)c2[nH]c3cc(Br)ccc3c21. The minimum atomic E-state index is -1.13. The van der Waals surface area contributed by atoms with Gasteiger partial charge in [0, 0.05) is 39.1 Å². The van der Waals surface area contributed by atoms with Gasteiger partial charge < -0.3 is 15.0 Å². The molecule has 1 aliphatic rings. The Kier molecular flexibility index (Phi) is 4.58. The number of amides is 1. The molecule has 0 unspecified atom stereocenters. The number of aromatic nitrogens is 1. The van der Waals surface area contributed by atoms with Crippen molar-refractivity contribution in [3.63, 3.8) is 0 Å². The minimum absolute atomic E-state index is 0.00774. The highest BCUT2D eigenvalue weighted by atomic mass is 79.9. The van der Waals surface area contributed by atoms with Gasteiger partial charge in [-0.3, -0.25) is 4.79 Å². The number of aliphatic carboxylic acids is 1. The zero-order chi connectivity index (χ0) is 20.9. The van der Waals surface area contributed by atoms with Crippen molar-refractivity contribution in [1.29, 1.82) is 0 Å². The molecule has 0 saturated heterocycles. The molecule has 2 aromatic carbocycles. The van der Waals surface area contributed by atoms with E-state index in [1.165, 1.54) is 35.4 Å². The maximum Gasteiger partial charge on any atom is 0.339 e. The van der Waals surface area contributed by atoms with Crippen LogP contribution in [0.3, 0.4) is 0 Å². The van der Waals surface area contributed by atoms with Crippen molar-refractivity contribution in [2.75, 3.05) is 6.54 Å². The quantitative estimate of drug-likeness (QED) is 0.574. The van der Waals surface area contributed by atoms with Crippen LogP contribution in [0, 0.1) is 5.82 Å². The molecule has 7 heteroatoms. The van der Waals surface area contributed by atoms with Crippen LogP contribution in [0.25, 0.3) is 16.5 Å². The van der Waals surface area contributed by atoms with Gasteiger partial charge in [0.15, 0.2) is 0 Å². The number of carboxylic acid groups (broad SMARTS) is 1. The van der Waals surface area contributed by atoms with E-state index >= 15 is 0 Å². The Hall–Kier alpha value is -2.93. The van der Waals surface area contributed by atoms with Crippen molar-refractivity contribution >= 4 is 44.3 Å². The van der Waals surface area contributed by atoms with E-state index in [1.54, 1.807) is 0 Å². The number of carbonyl (C=O) groups is 2. The normalized spacial score (nSPS) is 15.6. The lowest BCUT2D eigenvalue weighted by molar-refractivity contribution is -0.130. The van der Waals surface area contributed by atoms with Crippen LogP contribution in [-0.2, 0) is 10.2 Å². The van der Waals surface area contributed by atoms with Crippen molar-refractivity contribution in [3.05, 3.63) is 75.8 Å². The number of nitrogens with zero attached hydrogens (tertiary/aromatic N) is 1. The van der Waals surface area contributed by atoms with Crippen LogP contribution < -0.4 is 0 Å². The molecular formula is C22H18BrFN2O3. The highest BCUT2D eigenvalue weighted by molar-refractivity contribution is 9.10. The summed E-state index contributed by atoms with van der Waals surface area (Å²) in [6, 6.07) is 11.0. The van der Waals surface area contributed by atoms with Gasteiger partial charge in [-0.2, -0.15) is 0 Å². The number of benzene rings is 2. The molecular weight excluding hydrogens is 439 g/mol. The van der Waals surface area contributed by atoms with Crippen LogP contribution in [0.2, 0.25) is 0 Å². The first kappa shape index (κ1) is 19.4. The number of hydrogen-bond donors (Lipinski definition) is 2. The summed E-state index contributed by atoms with van der Waals surface area (Å²) in [6.45, 7) is 4.23. The van der Waals surface area contributed by atoms with E-state index in [2.05, 4.69) is 20.9 Å². The standard InChI is InChI=1S/C22H18BrFN2O3/c1-22(2)11-26(20(27)12-3-6-14(24)7-4-12)10-16(21(28)29)19-18(22)15-8-5-13(23)9-17(15)25-19/h3-10,25H,11H2,1-2H3,(H,28,29). The summed E-state index contributed by atoms with van der Waals surface area (Å²) < 4.78 is 14.1. The second kappa shape index (κ2) is 6.84. The first-order valence-corrected chi connectivity index (χ1v) is 9.80. The third-order valence-corrected chi connectivity index (χ3v) is 5.63. The van der Waals surface area contributed by atoms with Crippen molar-refractivity contribution < 1.29 is 19.1 Å². The van der Waals surface area contributed by atoms with E-state index in [0.717, 1.165) is 20.9 Å².